The summed E-state index contributed by atoms with van der Waals surface area (Å²) in [5.74, 6) is 1.25. The lowest BCUT2D eigenvalue weighted by atomic mass is 10.1. The first kappa shape index (κ1) is 15.1. The second kappa shape index (κ2) is 6.57. The normalized spacial score (nSPS) is 23.7. The van der Waals surface area contributed by atoms with Gasteiger partial charge in [0.15, 0.2) is 0 Å². The molecule has 1 aromatic carbocycles. The van der Waals surface area contributed by atoms with Crippen LogP contribution in [0.2, 0.25) is 0 Å². The zero-order chi connectivity index (χ0) is 16.4. The van der Waals surface area contributed by atoms with Crippen LogP contribution in [0.15, 0.2) is 48.9 Å². The molecular weight excluding hydrogens is 304 g/mol. The molecule has 2 aliphatic heterocycles. The van der Waals surface area contributed by atoms with Gasteiger partial charge in [0.25, 0.3) is 5.91 Å². The van der Waals surface area contributed by atoms with Crippen molar-refractivity contribution in [2.75, 3.05) is 37.7 Å². The summed E-state index contributed by atoms with van der Waals surface area (Å²) >= 11 is 0. The Morgan fingerprint density at radius 2 is 2.00 bits per heavy atom. The molecule has 2 aliphatic rings. The minimum atomic E-state index is 0.0813. The Bertz CT molecular complexity index is 695. The molecule has 0 aliphatic carbocycles. The molecule has 3 heterocycles. The lowest BCUT2D eigenvalue weighted by molar-refractivity contribution is 0.0569. The quantitative estimate of drug-likeness (QED) is 0.837. The number of rotatable bonds is 2. The van der Waals surface area contributed by atoms with Crippen LogP contribution in [0, 0.1) is 5.92 Å². The van der Waals surface area contributed by atoms with Gasteiger partial charge in [-0.25, -0.2) is 4.98 Å². The highest BCUT2D eigenvalue weighted by Gasteiger charge is 2.38. The number of aromatic nitrogens is 2. The van der Waals surface area contributed by atoms with Gasteiger partial charge in [-0.3, -0.25) is 9.78 Å². The van der Waals surface area contributed by atoms with Crippen LogP contribution in [0.4, 0.5) is 5.82 Å². The van der Waals surface area contributed by atoms with Crippen molar-refractivity contribution >= 4 is 11.7 Å². The van der Waals surface area contributed by atoms with E-state index in [4.69, 9.17) is 4.74 Å². The fourth-order valence-corrected chi connectivity index (χ4v) is 3.48. The van der Waals surface area contributed by atoms with Gasteiger partial charge in [0.05, 0.1) is 18.9 Å². The molecule has 0 saturated carbocycles. The number of hydrogen-bond acceptors (Lipinski definition) is 5. The molecule has 0 bridgehead atoms. The molecular formula is C18H20N4O2. The van der Waals surface area contributed by atoms with E-state index < -0.39 is 0 Å². The Morgan fingerprint density at radius 1 is 1.12 bits per heavy atom. The number of benzene rings is 1. The van der Waals surface area contributed by atoms with Gasteiger partial charge < -0.3 is 14.5 Å². The fraction of sp³-hybridized carbons (Fsp3) is 0.389. The molecule has 2 aromatic rings. The molecule has 0 unspecified atom stereocenters. The van der Waals surface area contributed by atoms with Gasteiger partial charge in [-0.2, -0.15) is 0 Å². The maximum absolute atomic E-state index is 12.7. The van der Waals surface area contributed by atoms with E-state index >= 15 is 0 Å². The molecule has 6 heteroatoms. The van der Waals surface area contributed by atoms with Crippen molar-refractivity contribution in [2.45, 2.75) is 6.10 Å². The summed E-state index contributed by atoms with van der Waals surface area (Å²) in [5, 5.41) is 0. The first-order chi connectivity index (χ1) is 11.8. The second-order valence-corrected chi connectivity index (χ2v) is 6.26. The number of amides is 1. The number of nitrogens with zero attached hydrogens (tertiary/aromatic N) is 4. The highest BCUT2D eigenvalue weighted by Crippen LogP contribution is 2.27. The number of carbonyl (C=O) groups is 1. The van der Waals surface area contributed by atoms with Crippen LogP contribution in [-0.2, 0) is 4.74 Å². The molecule has 0 spiro atoms. The maximum Gasteiger partial charge on any atom is 0.253 e. The highest BCUT2D eigenvalue weighted by atomic mass is 16.5. The molecule has 0 radical (unpaired) electrons. The topological polar surface area (TPSA) is 58.6 Å². The average molecular weight is 324 g/mol. The monoisotopic (exact) mass is 324 g/mol. The van der Waals surface area contributed by atoms with Gasteiger partial charge in [0.1, 0.15) is 5.82 Å². The van der Waals surface area contributed by atoms with Gasteiger partial charge in [0, 0.05) is 50.1 Å². The second-order valence-electron chi connectivity index (χ2n) is 6.26. The molecule has 1 aromatic heterocycles. The van der Waals surface area contributed by atoms with Gasteiger partial charge in [0.2, 0.25) is 0 Å². The minimum Gasteiger partial charge on any atom is -0.374 e. The number of ether oxygens (including phenoxy) is 1. The third kappa shape index (κ3) is 2.97. The van der Waals surface area contributed by atoms with Crippen LogP contribution in [0.3, 0.4) is 0 Å². The predicted molar refractivity (Wildman–Crippen MR) is 89.8 cm³/mol. The Hall–Kier alpha value is -2.47. The predicted octanol–water partition coefficient (Wildman–Crippen LogP) is 1.45. The number of carbonyl (C=O) groups excluding carboxylic acids is 1. The largest absolute Gasteiger partial charge is 0.374 e. The van der Waals surface area contributed by atoms with Crippen molar-refractivity contribution < 1.29 is 9.53 Å². The van der Waals surface area contributed by atoms with Crippen LogP contribution < -0.4 is 4.90 Å². The van der Waals surface area contributed by atoms with Crippen molar-refractivity contribution in [3.05, 3.63) is 54.5 Å². The van der Waals surface area contributed by atoms with E-state index in [2.05, 4.69) is 14.9 Å². The minimum absolute atomic E-state index is 0.0813. The molecule has 124 valence electrons. The van der Waals surface area contributed by atoms with E-state index in [1.165, 1.54) is 0 Å². The summed E-state index contributed by atoms with van der Waals surface area (Å²) in [6, 6.07) is 9.46. The average Bonchev–Trinajstić information content (AvgIpc) is 2.94. The Morgan fingerprint density at radius 3 is 2.79 bits per heavy atom. The lowest BCUT2D eigenvalue weighted by Gasteiger charge is -2.24. The standard InChI is InChI=1S/C18H20N4O2/c23-18(14-4-2-1-3-5-14)21-8-9-24-16-13-22(12-15(16)11-21)17-10-19-6-7-20-17/h1-7,10,15-16H,8-9,11-13H2/t15-,16+/m1/s1. The van der Waals surface area contributed by atoms with Crippen molar-refractivity contribution in [3.8, 4) is 0 Å². The Balaban J connectivity index is 1.48. The molecule has 24 heavy (non-hydrogen) atoms. The van der Waals surface area contributed by atoms with Crippen molar-refractivity contribution in [3.63, 3.8) is 0 Å². The first-order valence-electron chi connectivity index (χ1n) is 8.28. The van der Waals surface area contributed by atoms with E-state index in [-0.39, 0.29) is 12.0 Å². The summed E-state index contributed by atoms with van der Waals surface area (Å²) in [6.07, 6.45) is 5.29. The molecule has 2 atom stereocenters. The molecule has 2 saturated heterocycles. The summed E-state index contributed by atoms with van der Waals surface area (Å²) in [4.78, 5) is 25.3. The van der Waals surface area contributed by atoms with E-state index in [0.29, 0.717) is 19.1 Å². The summed E-state index contributed by atoms with van der Waals surface area (Å²) in [6.45, 7) is 3.58. The van der Waals surface area contributed by atoms with Crippen LogP contribution in [-0.4, -0.2) is 59.7 Å². The third-order valence-electron chi connectivity index (χ3n) is 4.71. The van der Waals surface area contributed by atoms with Crippen LogP contribution >= 0.6 is 0 Å². The van der Waals surface area contributed by atoms with Gasteiger partial charge in [-0.1, -0.05) is 18.2 Å². The first-order valence-corrected chi connectivity index (χ1v) is 8.28. The van der Waals surface area contributed by atoms with E-state index in [1.807, 2.05) is 35.2 Å². The van der Waals surface area contributed by atoms with Crippen molar-refractivity contribution in [2.24, 2.45) is 5.92 Å². The molecule has 1 amide bonds. The molecule has 2 fully saturated rings. The zero-order valence-corrected chi connectivity index (χ0v) is 13.4. The zero-order valence-electron chi connectivity index (χ0n) is 13.4. The summed E-state index contributed by atoms with van der Waals surface area (Å²) in [7, 11) is 0. The van der Waals surface area contributed by atoms with Gasteiger partial charge >= 0.3 is 0 Å². The Labute approximate surface area is 141 Å². The van der Waals surface area contributed by atoms with Crippen LogP contribution in [0.25, 0.3) is 0 Å². The van der Waals surface area contributed by atoms with Gasteiger partial charge in [-0.05, 0) is 12.1 Å². The van der Waals surface area contributed by atoms with E-state index in [1.54, 1.807) is 18.6 Å². The van der Waals surface area contributed by atoms with Crippen LogP contribution in [0.5, 0.6) is 0 Å². The molecule has 6 nitrogen and oxygen atoms in total. The number of hydrogen-bond donors (Lipinski definition) is 0. The van der Waals surface area contributed by atoms with Crippen molar-refractivity contribution in [1.29, 1.82) is 0 Å². The van der Waals surface area contributed by atoms with E-state index in [9.17, 15) is 4.79 Å². The van der Waals surface area contributed by atoms with E-state index in [0.717, 1.165) is 31.0 Å². The van der Waals surface area contributed by atoms with Crippen molar-refractivity contribution in [1.82, 2.24) is 14.9 Å². The lowest BCUT2D eigenvalue weighted by Crippen LogP contribution is -2.37. The number of anilines is 1. The van der Waals surface area contributed by atoms with Crippen LogP contribution in [0.1, 0.15) is 10.4 Å². The fourth-order valence-electron chi connectivity index (χ4n) is 3.48. The molecule has 4 rings (SSSR count). The third-order valence-corrected chi connectivity index (χ3v) is 4.71. The highest BCUT2D eigenvalue weighted by molar-refractivity contribution is 5.94. The summed E-state index contributed by atoms with van der Waals surface area (Å²) in [5.41, 5.74) is 0.736. The maximum atomic E-state index is 12.7. The molecule has 0 N–H and O–H groups in total. The number of fused-ring (bicyclic) bond motifs is 1. The van der Waals surface area contributed by atoms with Gasteiger partial charge in [-0.15, -0.1) is 0 Å². The SMILES string of the molecule is O=C(c1ccccc1)N1CCO[C@H]2CN(c3cnccn3)C[C@H]2C1. The summed E-state index contributed by atoms with van der Waals surface area (Å²) < 4.78 is 6.01. The smallest absolute Gasteiger partial charge is 0.253 e. The Kier molecular flexibility index (Phi) is 4.13.